The fraction of sp³-hybridized carbons (Fsp3) is 0.192. The molecule has 178 valence electrons. The highest BCUT2D eigenvalue weighted by atomic mass is 16.6. The van der Waals surface area contributed by atoms with Gasteiger partial charge in [-0.1, -0.05) is 19.1 Å². The van der Waals surface area contributed by atoms with Crippen LogP contribution in [0.15, 0.2) is 78.6 Å². The Morgan fingerprint density at radius 2 is 1.83 bits per heavy atom. The number of nitro groups is 1. The van der Waals surface area contributed by atoms with E-state index >= 15 is 0 Å². The van der Waals surface area contributed by atoms with Crippen LogP contribution in [0.1, 0.15) is 36.1 Å². The van der Waals surface area contributed by atoms with Crippen LogP contribution in [0.5, 0.6) is 5.75 Å². The first-order valence-electron chi connectivity index (χ1n) is 11.1. The van der Waals surface area contributed by atoms with Gasteiger partial charge < -0.3 is 14.7 Å². The Hall–Kier alpha value is -4.53. The molecule has 1 amide bonds. The van der Waals surface area contributed by atoms with Crippen molar-refractivity contribution in [3.8, 4) is 5.75 Å². The maximum absolute atomic E-state index is 13.2. The van der Waals surface area contributed by atoms with Gasteiger partial charge in [0.2, 0.25) is 0 Å². The van der Waals surface area contributed by atoms with Crippen molar-refractivity contribution >= 4 is 23.1 Å². The number of rotatable bonds is 8. The molecule has 1 aliphatic heterocycles. The van der Waals surface area contributed by atoms with E-state index in [0.29, 0.717) is 23.5 Å². The predicted octanol–water partition coefficient (Wildman–Crippen LogP) is 4.40. The van der Waals surface area contributed by atoms with E-state index in [1.165, 1.54) is 29.2 Å². The number of hydrogen-bond donors (Lipinski definition) is 1. The summed E-state index contributed by atoms with van der Waals surface area (Å²) >= 11 is 0. The van der Waals surface area contributed by atoms with E-state index in [9.17, 15) is 24.8 Å². The summed E-state index contributed by atoms with van der Waals surface area (Å²) in [4.78, 5) is 42.2. The molecular formula is C26H23N3O6. The van der Waals surface area contributed by atoms with Crippen LogP contribution in [0.3, 0.4) is 0 Å². The van der Waals surface area contributed by atoms with E-state index < -0.39 is 22.7 Å². The molecule has 0 aliphatic carbocycles. The van der Waals surface area contributed by atoms with Crippen molar-refractivity contribution < 1.29 is 24.4 Å². The van der Waals surface area contributed by atoms with Crippen LogP contribution in [0, 0.1) is 10.1 Å². The standard InChI is InChI=1S/C26H23N3O6/c1-2-14-35-21-5-3-4-19(15-21)24(30)22-23(18-6-8-20(9-7-18)29(33)34)28(26(32)25(22)31)16-17-10-12-27-13-11-17/h3-13,15,23,30H,2,14,16H2,1H3/b24-22+. The number of ether oxygens (including phenoxy) is 1. The van der Waals surface area contributed by atoms with Crippen molar-refractivity contribution in [2.24, 2.45) is 0 Å². The summed E-state index contributed by atoms with van der Waals surface area (Å²) in [5, 5.41) is 22.4. The molecule has 0 saturated carbocycles. The van der Waals surface area contributed by atoms with E-state index in [1.54, 1.807) is 48.8 Å². The molecule has 1 N–H and O–H groups in total. The smallest absolute Gasteiger partial charge is 0.295 e. The number of ketones is 1. The van der Waals surface area contributed by atoms with Crippen molar-refractivity contribution in [2.45, 2.75) is 25.9 Å². The molecule has 0 spiro atoms. The molecule has 1 aromatic heterocycles. The molecule has 4 rings (SSSR count). The highest BCUT2D eigenvalue weighted by Crippen LogP contribution is 2.41. The first-order valence-corrected chi connectivity index (χ1v) is 11.1. The Morgan fingerprint density at radius 1 is 1.11 bits per heavy atom. The second-order valence-electron chi connectivity index (χ2n) is 8.01. The van der Waals surface area contributed by atoms with Crippen molar-refractivity contribution in [1.29, 1.82) is 0 Å². The van der Waals surface area contributed by atoms with Crippen LogP contribution < -0.4 is 4.74 Å². The fourth-order valence-corrected chi connectivity index (χ4v) is 3.96. The Kier molecular flexibility index (Phi) is 6.86. The molecule has 1 saturated heterocycles. The highest BCUT2D eigenvalue weighted by molar-refractivity contribution is 6.46. The lowest BCUT2D eigenvalue weighted by atomic mass is 9.95. The molecule has 1 unspecified atom stereocenters. The van der Waals surface area contributed by atoms with Gasteiger partial charge in [-0.05, 0) is 53.9 Å². The van der Waals surface area contributed by atoms with E-state index in [4.69, 9.17) is 4.74 Å². The average molecular weight is 473 g/mol. The van der Waals surface area contributed by atoms with Crippen LogP contribution in [0.2, 0.25) is 0 Å². The van der Waals surface area contributed by atoms with Crippen molar-refractivity contribution in [2.75, 3.05) is 6.61 Å². The summed E-state index contributed by atoms with van der Waals surface area (Å²) in [5.41, 5.74) is 1.31. The first-order chi connectivity index (χ1) is 16.9. The molecular weight excluding hydrogens is 450 g/mol. The summed E-state index contributed by atoms with van der Waals surface area (Å²) < 4.78 is 5.64. The van der Waals surface area contributed by atoms with Gasteiger partial charge in [-0.2, -0.15) is 0 Å². The number of pyridine rings is 1. The number of amides is 1. The fourth-order valence-electron chi connectivity index (χ4n) is 3.96. The third kappa shape index (κ3) is 4.89. The number of carbonyl (C=O) groups excluding carboxylic acids is 2. The number of non-ortho nitro benzene ring substituents is 1. The number of likely N-dealkylation sites (tertiary alicyclic amines) is 1. The number of aliphatic hydroxyl groups excluding tert-OH is 1. The van der Waals surface area contributed by atoms with Crippen molar-refractivity contribution in [1.82, 2.24) is 9.88 Å². The summed E-state index contributed by atoms with van der Waals surface area (Å²) in [7, 11) is 0. The third-order valence-corrected chi connectivity index (χ3v) is 5.64. The molecule has 35 heavy (non-hydrogen) atoms. The summed E-state index contributed by atoms with van der Waals surface area (Å²) in [6.45, 7) is 2.55. The number of benzene rings is 2. The van der Waals surface area contributed by atoms with Gasteiger partial charge in [0, 0.05) is 36.6 Å². The van der Waals surface area contributed by atoms with Gasteiger partial charge in [0.05, 0.1) is 23.1 Å². The normalized spacial score (nSPS) is 16.9. The lowest BCUT2D eigenvalue weighted by Gasteiger charge is -2.25. The van der Waals surface area contributed by atoms with Gasteiger partial charge in [0.15, 0.2) is 0 Å². The monoisotopic (exact) mass is 473 g/mol. The van der Waals surface area contributed by atoms with Crippen molar-refractivity contribution in [3.05, 3.63) is 105 Å². The van der Waals surface area contributed by atoms with Crippen LogP contribution in [0.4, 0.5) is 5.69 Å². The van der Waals surface area contributed by atoms with Crippen LogP contribution in [-0.2, 0) is 16.1 Å². The zero-order valence-corrected chi connectivity index (χ0v) is 19.0. The van der Waals surface area contributed by atoms with Gasteiger partial charge in [-0.15, -0.1) is 0 Å². The third-order valence-electron chi connectivity index (χ3n) is 5.64. The first kappa shape index (κ1) is 23.6. The Labute approximate surface area is 201 Å². The van der Waals surface area contributed by atoms with Crippen LogP contribution in [0.25, 0.3) is 5.76 Å². The number of nitro benzene ring substituents is 1. The second-order valence-corrected chi connectivity index (χ2v) is 8.01. The largest absolute Gasteiger partial charge is 0.507 e. The van der Waals surface area contributed by atoms with E-state index in [1.807, 2.05) is 6.92 Å². The maximum Gasteiger partial charge on any atom is 0.295 e. The molecule has 9 heteroatoms. The number of Topliss-reactive ketones (excluding diaryl/α,β-unsaturated/α-hetero) is 1. The maximum atomic E-state index is 13.2. The Bertz CT molecular complexity index is 1290. The highest BCUT2D eigenvalue weighted by Gasteiger charge is 2.46. The number of hydrogen-bond acceptors (Lipinski definition) is 7. The molecule has 3 aromatic rings. The summed E-state index contributed by atoms with van der Waals surface area (Å²) in [6.07, 6.45) is 3.96. The predicted molar refractivity (Wildman–Crippen MR) is 127 cm³/mol. The van der Waals surface area contributed by atoms with Gasteiger partial charge in [0.25, 0.3) is 17.4 Å². The lowest BCUT2D eigenvalue weighted by Crippen LogP contribution is -2.29. The van der Waals surface area contributed by atoms with Gasteiger partial charge in [0.1, 0.15) is 11.5 Å². The molecule has 2 aromatic carbocycles. The Balaban J connectivity index is 1.82. The minimum absolute atomic E-state index is 0.0885. The minimum Gasteiger partial charge on any atom is -0.507 e. The topological polar surface area (TPSA) is 123 Å². The molecule has 0 radical (unpaired) electrons. The van der Waals surface area contributed by atoms with Gasteiger partial charge >= 0.3 is 0 Å². The molecule has 0 bridgehead atoms. The number of nitrogens with zero attached hydrogens (tertiary/aromatic N) is 3. The molecule has 1 fully saturated rings. The zero-order valence-electron chi connectivity index (χ0n) is 19.0. The summed E-state index contributed by atoms with van der Waals surface area (Å²) in [6, 6.07) is 14.7. The zero-order chi connectivity index (χ0) is 24.9. The average Bonchev–Trinajstić information content (AvgIpc) is 3.12. The number of aromatic nitrogens is 1. The summed E-state index contributed by atoms with van der Waals surface area (Å²) in [5.74, 6) is -1.43. The minimum atomic E-state index is -0.941. The van der Waals surface area contributed by atoms with Crippen molar-refractivity contribution in [3.63, 3.8) is 0 Å². The molecule has 2 heterocycles. The second kappa shape index (κ2) is 10.2. The van der Waals surface area contributed by atoms with Gasteiger partial charge in [-0.25, -0.2) is 0 Å². The van der Waals surface area contributed by atoms with E-state index in [2.05, 4.69) is 4.98 Å². The Morgan fingerprint density at radius 3 is 2.49 bits per heavy atom. The molecule has 1 aliphatic rings. The van der Waals surface area contributed by atoms with Crippen LogP contribution in [-0.4, -0.2) is 38.2 Å². The van der Waals surface area contributed by atoms with Crippen LogP contribution >= 0.6 is 0 Å². The van der Waals surface area contributed by atoms with E-state index in [-0.39, 0.29) is 23.6 Å². The molecule has 1 atom stereocenters. The number of aliphatic hydroxyl groups is 1. The molecule has 9 nitrogen and oxygen atoms in total. The SMILES string of the molecule is CCCOc1cccc(/C(O)=C2\C(=O)C(=O)N(Cc3ccncc3)C2c2ccc([N+](=O)[O-])cc2)c1. The lowest BCUT2D eigenvalue weighted by molar-refractivity contribution is -0.384. The van der Waals surface area contributed by atoms with Gasteiger partial charge in [-0.3, -0.25) is 24.7 Å². The van der Waals surface area contributed by atoms with E-state index in [0.717, 1.165) is 12.0 Å². The quantitative estimate of drug-likeness (QED) is 0.169. The number of carbonyl (C=O) groups is 2.